The van der Waals surface area contributed by atoms with Gasteiger partial charge < -0.3 is 10.4 Å². The van der Waals surface area contributed by atoms with Crippen LogP contribution in [0.5, 0.6) is 5.75 Å². The molecular weight excluding hydrogens is 607 g/mol. The van der Waals surface area contributed by atoms with Crippen LogP contribution < -0.4 is 67.2 Å². The number of halogens is 2. The van der Waals surface area contributed by atoms with Gasteiger partial charge in [-0.25, -0.2) is 0 Å². The predicted octanol–water partition coefficient (Wildman–Crippen LogP) is 1.61. The zero-order valence-corrected chi connectivity index (χ0v) is 24.2. The number of carbonyl (C=O) groups excluding carboxylic acids is 1. The molecule has 0 saturated carbocycles. The van der Waals surface area contributed by atoms with Gasteiger partial charge in [-0.05, 0) is 78.6 Å². The second-order valence-corrected chi connectivity index (χ2v) is 6.84. The van der Waals surface area contributed by atoms with E-state index in [0.29, 0.717) is 6.42 Å². The van der Waals surface area contributed by atoms with E-state index in [2.05, 4.69) is 69.4 Å². The maximum Gasteiger partial charge on any atom is 1.00 e. The van der Waals surface area contributed by atoms with Crippen molar-refractivity contribution < 1.29 is 61.3 Å². The minimum atomic E-state index is -0.540. The van der Waals surface area contributed by atoms with E-state index < -0.39 is 11.2 Å². The molecule has 0 aliphatic heterocycles. The van der Waals surface area contributed by atoms with Crippen molar-refractivity contribution in [2.45, 2.75) is 46.6 Å². The third-order valence-corrected chi connectivity index (χ3v) is 5.21. The third-order valence-electron chi connectivity index (χ3n) is 5.21. The molecule has 1 aliphatic carbocycles. The van der Waals surface area contributed by atoms with Crippen LogP contribution in [0.1, 0.15) is 47.2 Å². The molecule has 1 atom stereocenters. The number of hydrogen-bond acceptors (Lipinski definition) is 3. The van der Waals surface area contributed by atoms with Gasteiger partial charge >= 0.3 is 51.4 Å². The van der Waals surface area contributed by atoms with Crippen LogP contribution in [0.25, 0.3) is 11.1 Å². The van der Waals surface area contributed by atoms with Crippen molar-refractivity contribution in [1.82, 2.24) is 5.32 Å². The van der Waals surface area contributed by atoms with Crippen molar-refractivity contribution in [3.05, 3.63) is 62.3 Å². The van der Waals surface area contributed by atoms with Gasteiger partial charge in [0, 0.05) is 44.2 Å². The monoisotopic (exact) mass is 629 g/mol. The van der Waals surface area contributed by atoms with Crippen LogP contribution >= 0.6 is 37.2 Å². The Morgan fingerprint density at radius 3 is 2.39 bits per heavy atom. The van der Waals surface area contributed by atoms with Crippen LogP contribution in [0.15, 0.2) is 29.1 Å². The molecule has 4 nitrogen and oxygen atoms in total. The first-order valence-electron chi connectivity index (χ1n) is 8.66. The Morgan fingerprint density at radius 1 is 1.14 bits per heavy atom. The summed E-state index contributed by atoms with van der Waals surface area (Å²) in [5.74, 6) is -0.676. The molecular formula is C21H22I2KNO3. The first kappa shape index (κ1) is 26.5. The molecule has 3 rings (SSSR count). The van der Waals surface area contributed by atoms with E-state index >= 15 is 0 Å². The van der Waals surface area contributed by atoms with Gasteiger partial charge in [0.25, 0.3) is 0 Å². The van der Waals surface area contributed by atoms with Crippen LogP contribution in [0.3, 0.4) is 0 Å². The predicted molar refractivity (Wildman–Crippen MR) is 125 cm³/mol. The van der Waals surface area contributed by atoms with E-state index in [4.69, 9.17) is 0 Å². The van der Waals surface area contributed by atoms with Gasteiger partial charge in [-0.1, -0.05) is 23.9 Å². The molecule has 0 aromatic heterocycles. The van der Waals surface area contributed by atoms with Crippen molar-refractivity contribution >= 4 is 43.1 Å². The molecule has 1 aliphatic rings. The number of benzene rings is 1. The van der Waals surface area contributed by atoms with Gasteiger partial charge in [-0.2, -0.15) is 0 Å². The quantitative estimate of drug-likeness (QED) is 0.386. The van der Waals surface area contributed by atoms with Crippen molar-refractivity contribution in [2.24, 2.45) is 0 Å². The van der Waals surface area contributed by atoms with E-state index in [1.807, 2.05) is 0 Å². The Morgan fingerprint density at radius 2 is 1.79 bits per heavy atom. The average Bonchev–Trinajstić information content (AvgIpc) is 2.86. The summed E-state index contributed by atoms with van der Waals surface area (Å²) in [5, 5.41) is 14.9. The van der Waals surface area contributed by atoms with Crippen molar-refractivity contribution in [3.8, 4) is 16.9 Å². The molecule has 1 N–H and O–H groups in total. The van der Waals surface area contributed by atoms with E-state index in [1.54, 1.807) is 6.07 Å². The largest absolute Gasteiger partial charge is 1.00 e. The van der Waals surface area contributed by atoms with Crippen LogP contribution in [-0.2, 0) is 11.2 Å². The number of fused-ring (bicyclic) bond motifs is 3. The van der Waals surface area contributed by atoms with Crippen molar-refractivity contribution in [2.75, 3.05) is 0 Å². The molecule has 2 aromatic carbocycles. The molecule has 1 unspecified atom stereocenters. The number of rotatable bonds is 1. The van der Waals surface area contributed by atoms with E-state index in [9.17, 15) is 14.7 Å². The Labute approximate surface area is 232 Å². The van der Waals surface area contributed by atoms with Crippen LogP contribution in [-0.4, -0.2) is 5.91 Å². The van der Waals surface area contributed by atoms with E-state index in [1.165, 1.54) is 35.7 Å². The SMILES string of the molecule is CC(=O)NC1CCc2cc(C)c(C)c(C)c2-c2ccc([O-])c(=O)cc21.II.[K+]. The Kier molecular flexibility index (Phi) is 11.1. The van der Waals surface area contributed by atoms with E-state index in [0.717, 1.165) is 28.7 Å². The maximum atomic E-state index is 12.1. The molecule has 144 valence electrons. The van der Waals surface area contributed by atoms with E-state index in [-0.39, 0.29) is 63.3 Å². The summed E-state index contributed by atoms with van der Waals surface area (Å²) in [6.45, 7) is 7.72. The maximum absolute atomic E-state index is 12.1. The fraction of sp³-hybridized carbons (Fsp3) is 0.333. The third kappa shape index (κ3) is 5.79. The zero-order chi connectivity index (χ0) is 20.3. The van der Waals surface area contributed by atoms with Gasteiger partial charge in [0.15, 0.2) is 5.43 Å². The molecule has 0 saturated heterocycles. The number of hydrogen-bond donors (Lipinski definition) is 1. The van der Waals surface area contributed by atoms with Crippen LogP contribution in [0, 0.1) is 20.8 Å². The van der Waals surface area contributed by atoms with Crippen LogP contribution in [0.2, 0.25) is 0 Å². The molecule has 28 heavy (non-hydrogen) atoms. The topological polar surface area (TPSA) is 69.2 Å². The second kappa shape index (κ2) is 11.8. The molecule has 0 spiro atoms. The molecule has 0 radical (unpaired) electrons. The van der Waals surface area contributed by atoms with Crippen molar-refractivity contribution in [3.63, 3.8) is 0 Å². The number of aryl methyl sites for hydroxylation is 2. The minimum absolute atomic E-state index is 0. The Bertz CT molecular complexity index is 948. The summed E-state index contributed by atoms with van der Waals surface area (Å²) < 4.78 is 0. The van der Waals surface area contributed by atoms with Gasteiger partial charge in [-0.3, -0.25) is 9.59 Å². The molecule has 0 bridgehead atoms. The Balaban J connectivity index is 0.00000127. The fourth-order valence-corrected chi connectivity index (χ4v) is 3.73. The molecule has 2 aromatic rings. The van der Waals surface area contributed by atoms with Gasteiger partial charge in [-0.15, -0.1) is 0 Å². The standard InChI is InChI=1S/C21H23NO3.I2.K/c1-11-9-15-5-7-18(22-14(4)23)17-10-20(25)19(24)8-6-16(17)21(15)13(3)12(11)2;1-2;/h6,8-10,18H,5,7H2,1-4H3,(H,22,23)(H,24,25);;/q;;+1/p-1. The second-order valence-electron chi connectivity index (χ2n) is 6.84. The normalized spacial score (nSPS) is 14.3. The number of nitrogens with one attached hydrogen (secondary N) is 1. The smallest absolute Gasteiger partial charge is 0.870 e. The summed E-state index contributed by atoms with van der Waals surface area (Å²) in [5.41, 5.74) is 6.93. The van der Waals surface area contributed by atoms with Gasteiger partial charge in [0.2, 0.25) is 5.91 Å². The van der Waals surface area contributed by atoms with Gasteiger partial charge in [0.05, 0.1) is 6.04 Å². The summed E-state index contributed by atoms with van der Waals surface area (Å²) in [7, 11) is 0. The van der Waals surface area contributed by atoms with Gasteiger partial charge in [0.1, 0.15) is 0 Å². The first-order chi connectivity index (χ1) is 12.8. The molecule has 1 amide bonds. The fourth-order valence-electron chi connectivity index (χ4n) is 3.73. The summed E-state index contributed by atoms with van der Waals surface area (Å²) in [6, 6.07) is 6.39. The summed E-state index contributed by atoms with van der Waals surface area (Å²) >= 11 is 4.24. The Hall–Kier alpha value is 0.476. The molecule has 7 heteroatoms. The van der Waals surface area contributed by atoms with Crippen LogP contribution in [0.4, 0.5) is 0 Å². The first-order valence-corrected chi connectivity index (χ1v) is 14.9. The number of amides is 1. The summed E-state index contributed by atoms with van der Waals surface area (Å²) in [4.78, 5) is 23.8. The number of carbonyl (C=O) groups is 1. The average molecular weight is 629 g/mol. The van der Waals surface area contributed by atoms with Crippen molar-refractivity contribution in [1.29, 1.82) is 0 Å². The minimum Gasteiger partial charge on any atom is -0.870 e. The molecule has 0 heterocycles. The summed E-state index contributed by atoms with van der Waals surface area (Å²) in [6.07, 6.45) is 1.50. The zero-order valence-electron chi connectivity index (χ0n) is 16.8. The molecule has 0 fully saturated rings.